The molecule has 0 aliphatic carbocycles. The molecule has 0 radical (unpaired) electrons. The Hall–Kier alpha value is -1.43. The van der Waals surface area contributed by atoms with Gasteiger partial charge in [0.15, 0.2) is 0 Å². The summed E-state index contributed by atoms with van der Waals surface area (Å²) in [4.78, 5) is 1.60. The molecule has 0 spiro atoms. The predicted octanol–water partition coefficient (Wildman–Crippen LogP) is 2.33. The third kappa shape index (κ3) is 3.80. The second-order valence-corrected chi connectivity index (χ2v) is 4.15. The first-order chi connectivity index (χ1) is 8.36. The maximum atomic E-state index is 12.9. The van der Waals surface area contributed by atoms with Crippen LogP contribution in [-0.4, -0.2) is 27.2 Å². The van der Waals surface area contributed by atoms with Crippen molar-refractivity contribution in [3.05, 3.63) is 23.8 Å². The fourth-order valence-corrected chi connectivity index (χ4v) is 1.73. The maximum absolute atomic E-state index is 12.9. The van der Waals surface area contributed by atoms with Crippen molar-refractivity contribution in [2.75, 3.05) is 37.8 Å². The summed E-state index contributed by atoms with van der Waals surface area (Å²) >= 11 is 0. The standard InChI is InChI=1S/C12H18F3N3/c1-17-6-3-7-18(2)11-5-4-9(16)8-10(11)12(13,14)15/h4-5,8,17H,3,6-7,16H2,1-2H3. The smallest absolute Gasteiger partial charge is 0.399 e. The minimum Gasteiger partial charge on any atom is -0.399 e. The number of nitrogens with zero attached hydrogens (tertiary/aromatic N) is 1. The van der Waals surface area contributed by atoms with Gasteiger partial charge in [0.05, 0.1) is 5.56 Å². The summed E-state index contributed by atoms with van der Waals surface area (Å²) in [7, 11) is 3.46. The first-order valence-corrected chi connectivity index (χ1v) is 5.68. The van der Waals surface area contributed by atoms with Gasteiger partial charge in [-0.2, -0.15) is 13.2 Å². The van der Waals surface area contributed by atoms with Crippen molar-refractivity contribution in [3.63, 3.8) is 0 Å². The van der Waals surface area contributed by atoms with E-state index in [-0.39, 0.29) is 11.4 Å². The Morgan fingerprint density at radius 3 is 2.56 bits per heavy atom. The fourth-order valence-electron chi connectivity index (χ4n) is 1.73. The van der Waals surface area contributed by atoms with Gasteiger partial charge in [0, 0.05) is 25.0 Å². The van der Waals surface area contributed by atoms with Gasteiger partial charge >= 0.3 is 6.18 Å². The van der Waals surface area contributed by atoms with Crippen LogP contribution < -0.4 is 16.0 Å². The molecule has 102 valence electrons. The van der Waals surface area contributed by atoms with Crippen molar-refractivity contribution in [3.8, 4) is 0 Å². The molecule has 0 fully saturated rings. The minimum absolute atomic E-state index is 0.120. The van der Waals surface area contributed by atoms with Gasteiger partial charge in [0.1, 0.15) is 0 Å². The van der Waals surface area contributed by atoms with Gasteiger partial charge in [0.2, 0.25) is 0 Å². The molecule has 1 aromatic rings. The lowest BCUT2D eigenvalue weighted by atomic mass is 10.1. The Kier molecular flexibility index (Phi) is 4.84. The molecule has 1 aromatic carbocycles. The van der Waals surface area contributed by atoms with Crippen molar-refractivity contribution in [1.29, 1.82) is 0 Å². The third-order valence-corrected chi connectivity index (χ3v) is 2.66. The zero-order valence-electron chi connectivity index (χ0n) is 10.5. The second kappa shape index (κ2) is 5.95. The summed E-state index contributed by atoms with van der Waals surface area (Å²) in [6.45, 7) is 1.31. The number of anilines is 2. The summed E-state index contributed by atoms with van der Waals surface area (Å²) in [5.74, 6) is 0. The molecule has 6 heteroatoms. The van der Waals surface area contributed by atoms with E-state index in [1.165, 1.54) is 12.1 Å². The van der Waals surface area contributed by atoms with Crippen LogP contribution in [0.2, 0.25) is 0 Å². The number of nitrogens with one attached hydrogen (secondary N) is 1. The fraction of sp³-hybridized carbons (Fsp3) is 0.500. The Labute approximate surface area is 105 Å². The van der Waals surface area contributed by atoms with E-state index in [4.69, 9.17) is 5.73 Å². The van der Waals surface area contributed by atoms with E-state index in [0.29, 0.717) is 6.54 Å². The SMILES string of the molecule is CNCCCN(C)c1ccc(N)cc1C(F)(F)F. The molecule has 0 aliphatic rings. The van der Waals surface area contributed by atoms with Gasteiger partial charge in [-0.05, 0) is 38.2 Å². The van der Waals surface area contributed by atoms with E-state index >= 15 is 0 Å². The molecule has 0 aliphatic heterocycles. The number of hydrogen-bond donors (Lipinski definition) is 2. The van der Waals surface area contributed by atoms with Crippen LogP contribution in [0.4, 0.5) is 24.5 Å². The average molecular weight is 261 g/mol. The number of hydrogen-bond acceptors (Lipinski definition) is 3. The highest BCUT2D eigenvalue weighted by Gasteiger charge is 2.34. The van der Waals surface area contributed by atoms with Crippen LogP contribution >= 0.6 is 0 Å². The lowest BCUT2D eigenvalue weighted by Gasteiger charge is -2.23. The lowest BCUT2D eigenvalue weighted by Crippen LogP contribution is -2.25. The number of nitrogen functional groups attached to an aromatic ring is 1. The van der Waals surface area contributed by atoms with Gasteiger partial charge in [-0.1, -0.05) is 0 Å². The van der Waals surface area contributed by atoms with Gasteiger partial charge in [-0.25, -0.2) is 0 Å². The number of rotatable bonds is 5. The normalized spacial score (nSPS) is 11.6. The van der Waals surface area contributed by atoms with Crippen molar-refractivity contribution in [2.45, 2.75) is 12.6 Å². The molecule has 0 heterocycles. The zero-order valence-corrected chi connectivity index (χ0v) is 10.5. The predicted molar refractivity (Wildman–Crippen MR) is 67.7 cm³/mol. The number of alkyl halides is 3. The van der Waals surface area contributed by atoms with Gasteiger partial charge < -0.3 is 16.0 Å². The summed E-state index contributed by atoms with van der Waals surface area (Å²) in [5.41, 5.74) is 5.01. The molecule has 3 N–H and O–H groups in total. The monoisotopic (exact) mass is 261 g/mol. The molecule has 0 bridgehead atoms. The molecule has 1 rings (SSSR count). The largest absolute Gasteiger partial charge is 0.418 e. The van der Waals surface area contributed by atoms with Crippen LogP contribution in [0.5, 0.6) is 0 Å². The summed E-state index contributed by atoms with van der Waals surface area (Å²) in [5, 5.41) is 2.96. The van der Waals surface area contributed by atoms with Crippen molar-refractivity contribution in [1.82, 2.24) is 5.32 Å². The first kappa shape index (κ1) is 14.6. The number of nitrogens with two attached hydrogens (primary N) is 1. The molecular weight excluding hydrogens is 243 g/mol. The van der Waals surface area contributed by atoms with E-state index in [2.05, 4.69) is 5.32 Å². The van der Waals surface area contributed by atoms with E-state index in [1.807, 2.05) is 7.05 Å². The van der Waals surface area contributed by atoms with Crippen molar-refractivity contribution in [2.24, 2.45) is 0 Å². The van der Waals surface area contributed by atoms with Crippen LogP contribution in [0.15, 0.2) is 18.2 Å². The summed E-state index contributed by atoms with van der Waals surface area (Å²) in [6.07, 6.45) is -3.61. The lowest BCUT2D eigenvalue weighted by molar-refractivity contribution is -0.137. The highest BCUT2D eigenvalue weighted by atomic mass is 19.4. The average Bonchev–Trinajstić information content (AvgIpc) is 2.28. The van der Waals surface area contributed by atoms with Crippen LogP contribution in [0.25, 0.3) is 0 Å². The van der Waals surface area contributed by atoms with Crippen LogP contribution in [-0.2, 0) is 6.18 Å². The highest BCUT2D eigenvalue weighted by Crippen LogP contribution is 2.37. The molecule has 18 heavy (non-hydrogen) atoms. The zero-order chi connectivity index (χ0) is 13.8. The molecule has 0 saturated carbocycles. The van der Waals surface area contributed by atoms with E-state index in [9.17, 15) is 13.2 Å². The Morgan fingerprint density at radius 1 is 1.33 bits per heavy atom. The molecule has 0 amide bonds. The van der Waals surface area contributed by atoms with E-state index < -0.39 is 11.7 Å². The highest BCUT2D eigenvalue weighted by molar-refractivity contribution is 5.60. The molecular formula is C12H18F3N3. The summed E-state index contributed by atoms with van der Waals surface area (Å²) < 4.78 is 38.6. The number of halogens is 3. The van der Waals surface area contributed by atoms with Crippen LogP contribution in [0.3, 0.4) is 0 Å². The summed E-state index contributed by atoms with van der Waals surface area (Å²) in [6, 6.07) is 3.88. The molecule has 3 nitrogen and oxygen atoms in total. The topological polar surface area (TPSA) is 41.3 Å². The molecule has 0 unspecified atom stereocenters. The van der Waals surface area contributed by atoms with Gasteiger partial charge in [-0.3, -0.25) is 0 Å². The van der Waals surface area contributed by atoms with Gasteiger partial charge in [-0.15, -0.1) is 0 Å². The van der Waals surface area contributed by atoms with Crippen molar-refractivity contribution < 1.29 is 13.2 Å². The molecule has 0 aromatic heterocycles. The number of benzene rings is 1. The minimum atomic E-state index is -4.39. The Balaban J connectivity index is 2.93. The van der Waals surface area contributed by atoms with E-state index in [0.717, 1.165) is 19.0 Å². The van der Waals surface area contributed by atoms with Crippen LogP contribution in [0, 0.1) is 0 Å². The second-order valence-electron chi connectivity index (χ2n) is 4.15. The van der Waals surface area contributed by atoms with Gasteiger partial charge in [0.25, 0.3) is 0 Å². The Morgan fingerprint density at radius 2 is 2.00 bits per heavy atom. The first-order valence-electron chi connectivity index (χ1n) is 5.68. The van der Waals surface area contributed by atoms with E-state index in [1.54, 1.807) is 11.9 Å². The van der Waals surface area contributed by atoms with Crippen LogP contribution in [0.1, 0.15) is 12.0 Å². The quantitative estimate of drug-likeness (QED) is 0.631. The molecule has 0 atom stereocenters. The Bertz CT molecular complexity index is 391. The maximum Gasteiger partial charge on any atom is 0.418 e. The van der Waals surface area contributed by atoms with Crippen molar-refractivity contribution >= 4 is 11.4 Å². The third-order valence-electron chi connectivity index (χ3n) is 2.66. The molecule has 0 saturated heterocycles.